The first kappa shape index (κ1) is 20.4. The summed E-state index contributed by atoms with van der Waals surface area (Å²) in [5, 5.41) is 7.60. The molecule has 2 N–H and O–H groups in total. The Labute approximate surface area is 159 Å². The first-order valence-corrected chi connectivity index (χ1v) is 10.9. The van der Waals surface area contributed by atoms with Crippen molar-refractivity contribution in [1.29, 1.82) is 0 Å². The molecule has 0 atom stereocenters. The first-order valence-electron chi connectivity index (χ1n) is 8.60. The van der Waals surface area contributed by atoms with Crippen molar-refractivity contribution in [2.45, 2.75) is 31.7 Å². The van der Waals surface area contributed by atoms with E-state index in [-0.39, 0.29) is 10.9 Å². The average Bonchev–Trinajstić information content (AvgIpc) is 3.14. The third-order valence-electron chi connectivity index (χ3n) is 3.96. The highest BCUT2D eigenvalue weighted by Gasteiger charge is 2.21. The van der Waals surface area contributed by atoms with Gasteiger partial charge in [-0.1, -0.05) is 32.0 Å². The molecule has 6 nitrogen and oxygen atoms in total. The predicted molar refractivity (Wildman–Crippen MR) is 105 cm³/mol. The van der Waals surface area contributed by atoms with Gasteiger partial charge in [0.15, 0.2) is 0 Å². The van der Waals surface area contributed by atoms with Crippen LogP contribution in [0, 0.1) is 0 Å². The molecule has 0 spiro atoms. The Balaban J connectivity index is 1.82. The summed E-state index contributed by atoms with van der Waals surface area (Å²) < 4.78 is 26.3. The van der Waals surface area contributed by atoms with Crippen LogP contribution in [-0.2, 0) is 23.0 Å². The molecule has 2 amide bonds. The third kappa shape index (κ3) is 5.55. The van der Waals surface area contributed by atoms with Crippen LogP contribution in [-0.4, -0.2) is 38.4 Å². The van der Waals surface area contributed by atoms with Crippen molar-refractivity contribution < 1.29 is 13.2 Å². The third-order valence-corrected chi connectivity index (χ3v) is 6.96. The van der Waals surface area contributed by atoms with Crippen molar-refractivity contribution in [3.63, 3.8) is 0 Å². The second-order valence-corrected chi connectivity index (χ2v) is 8.64. The monoisotopic (exact) mass is 395 g/mol. The SMILES string of the molecule is CCN(CC)S(=O)(=O)c1ccc(CNC(=O)NCCc2cccs2)cc1. The molecule has 1 aromatic carbocycles. The number of thiophene rings is 1. The Bertz CT molecular complexity index is 784. The number of hydrogen-bond acceptors (Lipinski definition) is 4. The molecule has 0 saturated heterocycles. The lowest BCUT2D eigenvalue weighted by molar-refractivity contribution is 0.240. The van der Waals surface area contributed by atoms with Crippen molar-refractivity contribution in [3.8, 4) is 0 Å². The maximum Gasteiger partial charge on any atom is 0.315 e. The van der Waals surface area contributed by atoms with Crippen LogP contribution in [0.15, 0.2) is 46.7 Å². The number of nitrogens with one attached hydrogen (secondary N) is 2. The number of carbonyl (C=O) groups excluding carboxylic acids is 1. The van der Waals surface area contributed by atoms with E-state index in [9.17, 15) is 13.2 Å². The van der Waals surface area contributed by atoms with Gasteiger partial charge in [-0.15, -0.1) is 11.3 Å². The van der Waals surface area contributed by atoms with Crippen LogP contribution in [0.2, 0.25) is 0 Å². The summed E-state index contributed by atoms with van der Waals surface area (Å²) >= 11 is 1.67. The smallest absolute Gasteiger partial charge is 0.315 e. The molecule has 0 saturated carbocycles. The number of sulfonamides is 1. The lowest BCUT2D eigenvalue weighted by Crippen LogP contribution is -2.36. The zero-order valence-electron chi connectivity index (χ0n) is 15.1. The van der Waals surface area contributed by atoms with Crippen molar-refractivity contribution in [1.82, 2.24) is 14.9 Å². The van der Waals surface area contributed by atoms with Gasteiger partial charge in [0.05, 0.1) is 4.90 Å². The summed E-state index contributed by atoms with van der Waals surface area (Å²) in [6, 6.07) is 10.4. The minimum Gasteiger partial charge on any atom is -0.338 e. The molecule has 0 aliphatic heterocycles. The normalized spacial score (nSPS) is 11.5. The van der Waals surface area contributed by atoms with Crippen LogP contribution >= 0.6 is 11.3 Å². The van der Waals surface area contributed by atoms with Crippen molar-refractivity contribution in [2.24, 2.45) is 0 Å². The van der Waals surface area contributed by atoms with Crippen LogP contribution in [0.3, 0.4) is 0 Å². The molecule has 2 aromatic rings. The van der Waals surface area contributed by atoms with Crippen LogP contribution < -0.4 is 10.6 Å². The molecule has 0 bridgehead atoms. The zero-order chi connectivity index (χ0) is 19.0. The summed E-state index contributed by atoms with van der Waals surface area (Å²) in [4.78, 5) is 13.3. The van der Waals surface area contributed by atoms with Gasteiger partial charge >= 0.3 is 6.03 Å². The molecule has 2 rings (SSSR count). The van der Waals surface area contributed by atoms with Gasteiger partial charge in [-0.05, 0) is 35.6 Å². The van der Waals surface area contributed by atoms with E-state index in [1.165, 1.54) is 9.18 Å². The maximum atomic E-state index is 12.4. The van der Waals surface area contributed by atoms with Gasteiger partial charge in [0.2, 0.25) is 10.0 Å². The summed E-state index contributed by atoms with van der Waals surface area (Å²) in [6.45, 7) is 5.43. The number of carbonyl (C=O) groups is 1. The van der Waals surface area contributed by atoms with Crippen molar-refractivity contribution in [2.75, 3.05) is 19.6 Å². The largest absolute Gasteiger partial charge is 0.338 e. The number of hydrogen-bond donors (Lipinski definition) is 2. The summed E-state index contributed by atoms with van der Waals surface area (Å²) in [5.41, 5.74) is 0.844. The average molecular weight is 396 g/mol. The molecule has 0 aliphatic rings. The fourth-order valence-corrected chi connectivity index (χ4v) is 4.66. The van der Waals surface area contributed by atoms with Crippen molar-refractivity contribution in [3.05, 3.63) is 52.2 Å². The number of benzene rings is 1. The molecule has 0 radical (unpaired) electrons. The highest BCUT2D eigenvalue weighted by Crippen LogP contribution is 2.16. The Hall–Kier alpha value is -1.90. The first-order chi connectivity index (χ1) is 12.5. The standard InChI is InChI=1S/C18H25N3O3S2/c1-3-21(4-2)26(23,24)17-9-7-15(8-10-17)14-20-18(22)19-12-11-16-6-5-13-25-16/h5-10,13H,3-4,11-12,14H2,1-2H3,(H2,19,20,22). The van der Waals surface area contributed by atoms with E-state index in [4.69, 9.17) is 0 Å². The fraction of sp³-hybridized carbons (Fsp3) is 0.389. The van der Waals surface area contributed by atoms with Crippen LogP contribution in [0.25, 0.3) is 0 Å². The van der Waals surface area contributed by atoms with E-state index < -0.39 is 10.0 Å². The highest BCUT2D eigenvalue weighted by molar-refractivity contribution is 7.89. The van der Waals surface area contributed by atoms with Crippen LogP contribution in [0.1, 0.15) is 24.3 Å². The molecule has 0 fully saturated rings. The van der Waals surface area contributed by atoms with E-state index >= 15 is 0 Å². The van der Waals surface area contributed by atoms with Crippen molar-refractivity contribution >= 4 is 27.4 Å². The second-order valence-electron chi connectivity index (χ2n) is 5.67. The van der Waals surface area contributed by atoms with Gasteiger partial charge in [0.1, 0.15) is 0 Å². The number of urea groups is 1. The fourth-order valence-electron chi connectivity index (χ4n) is 2.49. The van der Waals surface area contributed by atoms with Gasteiger partial charge in [-0.3, -0.25) is 0 Å². The minimum absolute atomic E-state index is 0.235. The van der Waals surface area contributed by atoms with Gasteiger partial charge < -0.3 is 10.6 Å². The maximum absolute atomic E-state index is 12.4. The summed E-state index contributed by atoms with van der Waals surface area (Å²) in [5.74, 6) is 0. The van der Waals surface area contributed by atoms with Crippen LogP contribution in [0.4, 0.5) is 4.79 Å². The lowest BCUT2D eigenvalue weighted by Gasteiger charge is -2.18. The minimum atomic E-state index is -3.45. The molecule has 0 aliphatic carbocycles. The highest BCUT2D eigenvalue weighted by atomic mass is 32.2. The van der Waals surface area contributed by atoms with Gasteiger partial charge in [-0.25, -0.2) is 13.2 Å². The molecule has 26 heavy (non-hydrogen) atoms. The number of nitrogens with zero attached hydrogens (tertiary/aromatic N) is 1. The Morgan fingerprint density at radius 3 is 2.35 bits per heavy atom. The van der Waals surface area contributed by atoms with E-state index in [2.05, 4.69) is 10.6 Å². The van der Waals surface area contributed by atoms with Gasteiger partial charge in [0, 0.05) is 31.1 Å². The Morgan fingerprint density at radius 1 is 1.08 bits per heavy atom. The number of rotatable bonds is 9. The van der Waals surface area contributed by atoms with E-state index in [0.717, 1.165) is 12.0 Å². The molecular weight excluding hydrogens is 370 g/mol. The lowest BCUT2D eigenvalue weighted by atomic mass is 10.2. The molecule has 0 unspecified atom stereocenters. The molecule has 8 heteroatoms. The molecule has 142 valence electrons. The predicted octanol–water partition coefficient (Wildman–Crippen LogP) is 2.82. The zero-order valence-corrected chi connectivity index (χ0v) is 16.7. The van der Waals surface area contributed by atoms with Crippen LogP contribution in [0.5, 0.6) is 0 Å². The molecule has 1 aromatic heterocycles. The Morgan fingerprint density at radius 2 is 1.77 bits per heavy atom. The number of amides is 2. The second kappa shape index (κ2) is 9.70. The quantitative estimate of drug-likeness (QED) is 0.685. The topological polar surface area (TPSA) is 78.5 Å². The van der Waals surface area contributed by atoms with Gasteiger partial charge in [-0.2, -0.15) is 4.31 Å². The molecule has 1 heterocycles. The summed E-state index contributed by atoms with van der Waals surface area (Å²) in [7, 11) is -3.45. The van der Waals surface area contributed by atoms with E-state index in [0.29, 0.717) is 26.2 Å². The van der Waals surface area contributed by atoms with E-state index in [1.54, 1.807) is 35.6 Å². The molecular formula is C18H25N3O3S2. The Kier molecular flexibility index (Phi) is 7.62. The van der Waals surface area contributed by atoms with Gasteiger partial charge in [0.25, 0.3) is 0 Å². The van der Waals surface area contributed by atoms with E-state index in [1.807, 2.05) is 31.4 Å². The summed E-state index contributed by atoms with van der Waals surface area (Å²) in [6.07, 6.45) is 0.809.